The van der Waals surface area contributed by atoms with Crippen molar-refractivity contribution < 1.29 is 18.0 Å². The Balaban J connectivity index is 1.49. The van der Waals surface area contributed by atoms with E-state index in [9.17, 15) is 18.0 Å². The third-order valence-corrected chi connectivity index (χ3v) is 6.24. The van der Waals surface area contributed by atoms with Gasteiger partial charge in [0.25, 0.3) is 0 Å². The Bertz CT molecular complexity index is 1150. The minimum absolute atomic E-state index is 0.0145. The molecule has 4 rings (SSSR count). The fourth-order valence-electron chi connectivity index (χ4n) is 4.66. The summed E-state index contributed by atoms with van der Waals surface area (Å²) in [7, 11) is 0. The maximum atomic E-state index is 13.4. The van der Waals surface area contributed by atoms with Gasteiger partial charge in [-0.05, 0) is 54.3 Å². The molecule has 0 unspecified atom stereocenters. The molecule has 0 bridgehead atoms. The van der Waals surface area contributed by atoms with E-state index in [0.717, 1.165) is 22.4 Å². The molecule has 180 valence electrons. The van der Waals surface area contributed by atoms with Gasteiger partial charge in [0, 0.05) is 31.7 Å². The number of fused-ring (bicyclic) bond motifs is 1. The average molecular weight is 470 g/mol. The molecule has 1 aliphatic heterocycles. The van der Waals surface area contributed by atoms with E-state index in [1.54, 1.807) is 6.07 Å². The summed E-state index contributed by atoms with van der Waals surface area (Å²) >= 11 is 0. The van der Waals surface area contributed by atoms with Gasteiger partial charge in [-0.15, -0.1) is 0 Å². The number of benzene rings is 3. The Morgan fingerprint density at radius 3 is 2.47 bits per heavy atom. The van der Waals surface area contributed by atoms with Gasteiger partial charge in [-0.3, -0.25) is 9.69 Å². The van der Waals surface area contributed by atoms with E-state index in [0.29, 0.717) is 19.5 Å². The second-order valence-electron chi connectivity index (χ2n) is 9.26. The fourth-order valence-corrected chi connectivity index (χ4v) is 4.66. The summed E-state index contributed by atoms with van der Waals surface area (Å²) in [5.74, 6) is -0.0456. The van der Waals surface area contributed by atoms with E-state index in [2.05, 4.69) is 45.9 Å². The molecule has 0 spiro atoms. The predicted octanol–water partition coefficient (Wildman–Crippen LogP) is 5.12. The zero-order valence-electron chi connectivity index (χ0n) is 19.4. The molecule has 0 radical (unpaired) electrons. The van der Waals surface area contributed by atoms with Gasteiger partial charge in [0.05, 0.1) is 11.6 Å². The van der Waals surface area contributed by atoms with Crippen molar-refractivity contribution in [1.29, 1.82) is 0 Å². The van der Waals surface area contributed by atoms with E-state index in [-0.39, 0.29) is 36.1 Å². The summed E-state index contributed by atoms with van der Waals surface area (Å²) in [4.78, 5) is 15.1. The molecule has 7 heteroatoms. The topological polar surface area (TPSA) is 44.4 Å². The first-order valence-corrected chi connectivity index (χ1v) is 11.6. The van der Waals surface area contributed by atoms with E-state index < -0.39 is 11.7 Å². The number of likely N-dealkylation sites (tertiary alicyclic amines) is 1. The van der Waals surface area contributed by atoms with E-state index in [1.165, 1.54) is 12.1 Å². The zero-order valence-corrected chi connectivity index (χ0v) is 19.4. The van der Waals surface area contributed by atoms with Crippen LogP contribution < -0.4 is 10.6 Å². The van der Waals surface area contributed by atoms with E-state index in [4.69, 9.17) is 0 Å². The Kier molecular flexibility index (Phi) is 7.24. The molecule has 1 saturated heterocycles. The standard InChI is InChI=1S/C27H30F3N3O/c1-18(2)32-26(34)25-14-23(31-15-22-9-5-6-10-24(22)27(28,29)30)17-33(25)16-19-11-12-20-7-3-4-8-21(20)13-19/h3-13,18,23,25,31H,14-17H2,1-2H3,(H,32,34)/t23-,25-/m0/s1. The highest BCUT2D eigenvalue weighted by Crippen LogP contribution is 2.32. The van der Waals surface area contributed by atoms with Crippen molar-refractivity contribution in [3.63, 3.8) is 0 Å². The lowest BCUT2D eigenvalue weighted by molar-refractivity contribution is -0.138. The minimum atomic E-state index is -4.39. The highest BCUT2D eigenvalue weighted by atomic mass is 19.4. The van der Waals surface area contributed by atoms with Crippen LogP contribution in [0.1, 0.15) is 37.0 Å². The largest absolute Gasteiger partial charge is 0.416 e. The molecule has 2 atom stereocenters. The van der Waals surface area contributed by atoms with Crippen LogP contribution in [0.2, 0.25) is 0 Å². The monoisotopic (exact) mass is 469 g/mol. The van der Waals surface area contributed by atoms with Gasteiger partial charge in [0.15, 0.2) is 0 Å². The van der Waals surface area contributed by atoms with Crippen LogP contribution >= 0.6 is 0 Å². The second-order valence-corrected chi connectivity index (χ2v) is 9.26. The number of hydrogen-bond acceptors (Lipinski definition) is 3. The maximum Gasteiger partial charge on any atom is 0.416 e. The molecule has 0 saturated carbocycles. The highest BCUT2D eigenvalue weighted by molar-refractivity contribution is 5.83. The lowest BCUT2D eigenvalue weighted by Crippen LogP contribution is -2.45. The average Bonchev–Trinajstić information content (AvgIpc) is 3.19. The fraction of sp³-hybridized carbons (Fsp3) is 0.370. The van der Waals surface area contributed by atoms with Crippen molar-refractivity contribution in [3.8, 4) is 0 Å². The van der Waals surface area contributed by atoms with Gasteiger partial charge < -0.3 is 10.6 Å². The summed E-state index contributed by atoms with van der Waals surface area (Å²) in [5.41, 5.74) is 0.692. The first-order valence-electron chi connectivity index (χ1n) is 11.6. The van der Waals surface area contributed by atoms with Crippen molar-refractivity contribution in [1.82, 2.24) is 15.5 Å². The molecular weight excluding hydrogens is 439 g/mol. The van der Waals surface area contributed by atoms with E-state index >= 15 is 0 Å². The van der Waals surface area contributed by atoms with Crippen LogP contribution in [0.5, 0.6) is 0 Å². The number of carbonyl (C=O) groups excluding carboxylic acids is 1. The number of nitrogens with one attached hydrogen (secondary N) is 2. The molecule has 0 aliphatic carbocycles. The Morgan fingerprint density at radius 1 is 1.03 bits per heavy atom. The summed E-state index contributed by atoms with van der Waals surface area (Å²) in [6.07, 6.45) is -3.85. The molecular formula is C27H30F3N3O. The number of rotatable bonds is 7. The number of carbonyl (C=O) groups is 1. The van der Waals surface area contributed by atoms with Gasteiger partial charge in [-0.1, -0.05) is 54.6 Å². The zero-order chi connectivity index (χ0) is 24.3. The summed E-state index contributed by atoms with van der Waals surface area (Å²) in [5, 5.41) is 8.57. The summed E-state index contributed by atoms with van der Waals surface area (Å²) in [6.45, 7) is 5.12. The van der Waals surface area contributed by atoms with Crippen LogP contribution in [-0.2, 0) is 24.1 Å². The maximum absolute atomic E-state index is 13.4. The quantitative estimate of drug-likeness (QED) is 0.505. The van der Waals surface area contributed by atoms with Crippen molar-refractivity contribution in [2.45, 2.75) is 57.7 Å². The van der Waals surface area contributed by atoms with Gasteiger partial charge in [-0.2, -0.15) is 13.2 Å². The van der Waals surface area contributed by atoms with Crippen molar-refractivity contribution in [2.75, 3.05) is 6.54 Å². The van der Waals surface area contributed by atoms with E-state index in [1.807, 2.05) is 26.0 Å². The molecule has 34 heavy (non-hydrogen) atoms. The smallest absolute Gasteiger partial charge is 0.353 e. The number of nitrogens with zero attached hydrogens (tertiary/aromatic N) is 1. The van der Waals surface area contributed by atoms with Gasteiger partial charge in [0.1, 0.15) is 0 Å². The first-order chi connectivity index (χ1) is 16.2. The highest BCUT2D eigenvalue weighted by Gasteiger charge is 2.37. The molecule has 3 aromatic rings. The van der Waals surface area contributed by atoms with Crippen LogP contribution in [0.4, 0.5) is 13.2 Å². The summed E-state index contributed by atoms with van der Waals surface area (Å²) < 4.78 is 40.1. The Morgan fingerprint density at radius 2 is 1.74 bits per heavy atom. The Hall–Kier alpha value is -2.90. The lowest BCUT2D eigenvalue weighted by Gasteiger charge is -2.24. The van der Waals surface area contributed by atoms with Crippen molar-refractivity contribution >= 4 is 16.7 Å². The number of halogens is 3. The van der Waals surface area contributed by atoms with Gasteiger partial charge in [-0.25, -0.2) is 0 Å². The van der Waals surface area contributed by atoms with Crippen LogP contribution in [0.15, 0.2) is 66.7 Å². The molecule has 4 nitrogen and oxygen atoms in total. The summed E-state index contributed by atoms with van der Waals surface area (Å²) in [6, 6.07) is 19.6. The molecule has 2 N–H and O–H groups in total. The van der Waals surface area contributed by atoms with Crippen LogP contribution in [0.3, 0.4) is 0 Å². The van der Waals surface area contributed by atoms with Gasteiger partial charge >= 0.3 is 6.18 Å². The Labute approximate surface area is 198 Å². The SMILES string of the molecule is CC(C)NC(=O)[C@@H]1C[C@H](NCc2ccccc2C(F)(F)F)CN1Cc1ccc2ccccc2c1. The van der Waals surface area contributed by atoms with Crippen molar-refractivity contribution in [2.24, 2.45) is 0 Å². The van der Waals surface area contributed by atoms with Crippen LogP contribution in [-0.4, -0.2) is 35.5 Å². The molecule has 1 heterocycles. The molecule has 0 aromatic heterocycles. The molecule has 1 amide bonds. The number of amides is 1. The van der Waals surface area contributed by atoms with Crippen molar-refractivity contribution in [3.05, 3.63) is 83.4 Å². The third-order valence-electron chi connectivity index (χ3n) is 6.24. The normalized spacial score (nSPS) is 19.1. The predicted molar refractivity (Wildman–Crippen MR) is 128 cm³/mol. The molecule has 3 aromatic carbocycles. The second kappa shape index (κ2) is 10.2. The number of alkyl halides is 3. The van der Waals surface area contributed by atoms with Crippen LogP contribution in [0.25, 0.3) is 10.8 Å². The number of hydrogen-bond donors (Lipinski definition) is 2. The van der Waals surface area contributed by atoms with Crippen LogP contribution in [0, 0.1) is 0 Å². The first kappa shape index (κ1) is 24.2. The minimum Gasteiger partial charge on any atom is -0.353 e. The lowest BCUT2D eigenvalue weighted by atomic mass is 10.1. The third kappa shape index (κ3) is 5.77. The van der Waals surface area contributed by atoms with Gasteiger partial charge in [0.2, 0.25) is 5.91 Å². The molecule has 1 aliphatic rings. The molecule has 1 fully saturated rings.